The zero-order chi connectivity index (χ0) is 21.1. The van der Waals surface area contributed by atoms with Crippen molar-refractivity contribution in [3.05, 3.63) is 59.7 Å². The number of rotatable bonds is 11. The SMILES string of the molecule is CCCCOc1cc(C(=O)OCCC)ccc1NC(=O)[C@H](N)Cc1ccccc1. The summed E-state index contributed by atoms with van der Waals surface area (Å²) in [6, 6.07) is 13.8. The van der Waals surface area contributed by atoms with Gasteiger partial charge < -0.3 is 20.5 Å². The molecule has 0 aliphatic carbocycles. The molecular weight excluding hydrogens is 368 g/mol. The zero-order valence-electron chi connectivity index (χ0n) is 17.1. The second-order valence-electron chi connectivity index (χ2n) is 6.83. The van der Waals surface area contributed by atoms with Crippen molar-refractivity contribution in [1.29, 1.82) is 0 Å². The molecule has 1 amide bonds. The van der Waals surface area contributed by atoms with E-state index in [1.54, 1.807) is 18.2 Å². The molecule has 29 heavy (non-hydrogen) atoms. The van der Waals surface area contributed by atoms with Gasteiger partial charge in [-0.1, -0.05) is 50.6 Å². The zero-order valence-corrected chi connectivity index (χ0v) is 17.1. The van der Waals surface area contributed by atoms with Crippen LogP contribution in [0.4, 0.5) is 5.69 Å². The number of benzene rings is 2. The molecule has 1 atom stereocenters. The van der Waals surface area contributed by atoms with Crippen LogP contribution in [0.5, 0.6) is 5.75 Å². The third-order valence-corrected chi connectivity index (χ3v) is 4.30. The van der Waals surface area contributed by atoms with Gasteiger partial charge in [-0.25, -0.2) is 4.79 Å². The summed E-state index contributed by atoms with van der Waals surface area (Å²) in [6.07, 6.45) is 3.02. The summed E-state index contributed by atoms with van der Waals surface area (Å²) in [5.74, 6) is -0.286. The van der Waals surface area contributed by atoms with Gasteiger partial charge in [-0.3, -0.25) is 4.79 Å². The Bertz CT molecular complexity index is 793. The van der Waals surface area contributed by atoms with E-state index in [0.29, 0.717) is 36.6 Å². The largest absolute Gasteiger partial charge is 0.491 e. The number of unbranched alkanes of at least 4 members (excludes halogenated alkanes) is 1. The van der Waals surface area contributed by atoms with Crippen LogP contribution >= 0.6 is 0 Å². The first-order valence-corrected chi connectivity index (χ1v) is 10.1. The Labute approximate surface area is 172 Å². The molecule has 156 valence electrons. The van der Waals surface area contributed by atoms with Gasteiger partial charge in [-0.2, -0.15) is 0 Å². The number of ether oxygens (including phenoxy) is 2. The maximum atomic E-state index is 12.6. The van der Waals surface area contributed by atoms with Crippen LogP contribution < -0.4 is 15.8 Å². The highest BCUT2D eigenvalue weighted by atomic mass is 16.5. The van der Waals surface area contributed by atoms with Crippen molar-refractivity contribution in [3.63, 3.8) is 0 Å². The maximum absolute atomic E-state index is 12.6. The van der Waals surface area contributed by atoms with E-state index in [-0.39, 0.29) is 5.91 Å². The molecule has 3 N–H and O–H groups in total. The normalized spacial score (nSPS) is 11.6. The number of nitrogens with one attached hydrogen (secondary N) is 1. The Morgan fingerprint density at radius 2 is 1.79 bits per heavy atom. The molecule has 0 aliphatic heterocycles. The van der Waals surface area contributed by atoms with E-state index in [1.165, 1.54) is 0 Å². The molecule has 0 saturated carbocycles. The van der Waals surface area contributed by atoms with Gasteiger partial charge in [0.05, 0.1) is 30.5 Å². The van der Waals surface area contributed by atoms with Crippen LogP contribution in [-0.4, -0.2) is 31.1 Å². The lowest BCUT2D eigenvalue weighted by molar-refractivity contribution is -0.117. The van der Waals surface area contributed by atoms with Gasteiger partial charge in [0, 0.05) is 0 Å². The number of carbonyl (C=O) groups excluding carboxylic acids is 2. The number of anilines is 1. The lowest BCUT2D eigenvalue weighted by Crippen LogP contribution is -2.37. The molecule has 0 spiro atoms. The molecule has 0 aromatic heterocycles. The third kappa shape index (κ3) is 7.23. The van der Waals surface area contributed by atoms with Gasteiger partial charge >= 0.3 is 5.97 Å². The van der Waals surface area contributed by atoms with Crippen LogP contribution in [0, 0.1) is 0 Å². The number of hydrogen-bond acceptors (Lipinski definition) is 5. The molecule has 6 nitrogen and oxygen atoms in total. The second kappa shape index (κ2) is 11.9. The van der Waals surface area contributed by atoms with Gasteiger partial charge in [0.25, 0.3) is 0 Å². The molecule has 0 fully saturated rings. The fraction of sp³-hybridized carbons (Fsp3) is 0.391. The number of amides is 1. The lowest BCUT2D eigenvalue weighted by atomic mass is 10.1. The van der Waals surface area contributed by atoms with Crippen molar-refractivity contribution in [2.45, 2.75) is 45.6 Å². The average molecular weight is 399 g/mol. The first-order chi connectivity index (χ1) is 14.0. The highest BCUT2D eigenvalue weighted by molar-refractivity contribution is 5.97. The van der Waals surface area contributed by atoms with Crippen LogP contribution in [0.15, 0.2) is 48.5 Å². The van der Waals surface area contributed by atoms with E-state index in [2.05, 4.69) is 12.2 Å². The molecule has 2 aromatic carbocycles. The predicted molar refractivity (Wildman–Crippen MR) is 114 cm³/mol. The number of hydrogen-bond donors (Lipinski definition) is 2. The minimum Gasteiger partial charge on any atom is -0.491 e. The summed E-state index contributed by atoms with van der Waals surface area (Å²) in [4.78, 5) is 24.7. The Hall–Kier alpha value is -2.86. The molecule has 0 radical (unpaired) electrons. The van der Waals surface area contributed by atoms with Crippen LogP contribution in [0.25, 0.3) is 0 Å². The fourth-order valence-corrected chi connectivity index (χ4v) is 2.66. The molecule has 2 rings (SSSR count). The third-order valence-electron chi connectivity index (χ3n) is 4.30. The molecular formula is C23H30N2O4. The topological polar surface area (TPSA) is 90.6 Å². The van der Waals surface area contributed by atoms with E-state index in [9.17, 15) is 9.59 Å². The molecule has 0 aliphatic rings. The highest BCUT2D eigenvalue weighted by Crippen LogP contribution is 2.27. The molecule has 6 heteroatoms. The van der Waals surface area contributed by atoms with Gasteiger partial charge in [-0.15, -0.1) is 0 Å². The summed E-state index contributed by atoms with van der Waals surface area (Å²) in [7, 11) is 0. The van der Waals surface area contributed by atoms with Crippen LogP contribution in [0.3, 0.4) is 0 Å². The summed E-state index contributed by atoms with van der Waals surface area (Å²) in [5.41, 5.74) is 7.94. The summed E-state index contributed by atoms with van der Waals surface area (Å²) >= 11 is 0. The van der Waals surface area contributed by atoms with Gasteiger partial charge in [0.2, 0.25) is 5.91 Å². The minimum absolute atomic E-state index is 0.310. The number of esters is 1. The smallest absolute Gasteiger partial charge is 0.338 e. The number of nitrogens with two attached hydrogens (primary N) is 1. The Morgan fingerprint density at radius 1 is 1.03 bits per heavy atom. The van der Waals surface area contributed by atoms with E-state index in [4.69, 9.17) is 15.2 Å². The van der Waals surface area contributed by atoms with Crippen molar-refractivity contribution in [1.82, 2.24) is 0 Å². The standard InChI is InChI=1S/C23H30N2O4/c1-3-5-14-28-21-16-18(23(27)29-13-4-2)11-12-20(21)25-22(26)19(24)15-17-9-7-6-8-10-17/h6-12,16,19H,3-5,13-15,24H2,1-2H3,(H,25,26)/t19-/m1/s1. The molecule has 0 bridgehead atoms. The van der Waals surface area contributed by atoms with Gasteiger partial charge in [0.15, 0.2) is 0 Å². The molecule has 2 aromatic rings. The van der Waals surface area contributed by atoms with Crippen molar-refractivity contribution in [3.8, 4) is 5.75 Å². The van der Waals surface area contributed by atoms with E-state index >= 15 is 0 Å². The maximum Gasteiger partial charge on any atom is 0.338 e. The van der Waals surface area contributed by atoms with Crippen LogP contribution in [-0.2, 0) is 16.0 Å². The van der Waals surface area contributed by atoms with E-state index in [1.807, 2.05) is 37.3 Å². The minimum atomic E-state index is -0.699. The van der Waals surface area contributed by atoms with Crippen molar-refractivity contribution in [2.75, 3.05) is 18.5 Å². The highest BCUT2D eigenvalue weighted by Gasteiger charge is 2.18. The first-order valence-electron chi connectivity index (χ1n) is 10.1. The molecule has 0 heterocycles. The average Bonchev–Trinajstić information content (AvgIpc) is 2.73. The second-order valence-corrected chi connectivity index (χ2v) is 6.83. The predicted octanol–water partition coefficient (Wildman–Crippen LogP) is 3.94. The first kappa shape index (κ1) is 22.4. The number of carbonyl (C=O) groups is 2. The Morgan fingerprint density at radius 3 is 2.48 bits per heavy atom. The van der Waals surface area contributed by atoms with Gasteiger partial charge in [-0.05, 0) is 43.0 Å². The fourth-order valence-electron chi connectivity index (χ4n) is 2.66. The lowest BCUT2D eigenvalue weighted by Gasteiger charge is -2.16. The van der Waals surface area contributed by atoms with Crippen LogP contribution in [0.2, 0.25) is 0 Å². The Kier molecular flexibility index (Phi) is 9.18. The van der Waals surface area contributed by atoms with Crippen molar-refractivity contribution in [2.24, 2.45) is 5.73 Å². The summed E-state index contributed by atoms with van der Waals surface area (Å²) in [6.45, 7) is 4.84. The van der Waals surface area contributed by atoms with Crippen molar-refractivity contribution >= 4 is 17.6 Å². The van der Waals surface area contributed by atoms with Crippen molar-refractivity contribution < 1.29 is 19.1 Å². The molecule has 0 unspecified atom stereocenters. The van der Waals surface area contributed by atoms with E-state index in [0.717, 1.165) is 24.8 Å². The quantitative estimate of drug-likeness (QED) is 0.442. The monoisotopic (exact) mass is 398 g/mol. The van der Waals surface area contributed by atoms with Gasteiger partial charge in [0.1, 0.15) is 5.75 Å². The van der Waals surface area contributed by atoms with Crippen LogP contribution in [0.1, 0.15) is 49.0 Å². The Balaban J connectivity index is 2.11. The molecule has 0 saturated heterocycles. The van der Waals surface area contributed by atoms with E-state index < -0.39 is 12.0 Å². The summed E-state index contributed by atoms with van der Waals surface area (Å²) in [5, 5.41) is 2.83. The summed E-state index contributed by atoms with van der Waals surface area (Å²) < 4.78 is 11.0.